The van der Waals surface area contributed by atoms with Crippen LogP contribution in [0, 0.1) is 0 Å². The number of carbonyl (C=O) groups is 1. The lowest BCUT2D eigenvalue weighted by Gasteiger charge is -2.40. The molecule has 0 bridgehead atoms. The molecule has 2 N–H and O–H groups in total. The standard InChI is InChI=1S/C25H37N5O3Si/c1-24(2,3)32-23(31)29-13-16(33-34(7,8)25(4,5)6)14-30-19(15-29)28-20-21(30)17-11-9-10-12-18(17)27-22(20)26/h9-12,16H,13-15H2,1-8H3,(H2,26,27). The summed E-state index contributed by atoms with van der Waals surface area (Å²) < 4.78 is 14.7. The van der Waals surface area contributed by atoms with Gasteiger partial charge >= 0.3 is 6.09 Å². The molecule has 0 spiro atoms. The van der Waals surface area contributed by atoms with E-state index in [9.17, 15) is 4.79 Å². The van der Waals surface area contributed by atoms with Crippen LogP contribution in [0.15, 0.2) is 24.3 Å². The molecule has 1 aliphatic heterocycles. The second kappa shape index (κ2) is 8.23. The van der Waals surface area contributed by atoms with Gasteiger partial charge in [-0.1, -0.05) is 39.0 Å². The molecular formula is C25H37N5O3Si. The van der Waals surface area contributed by atoms with Gasteiger partial charge in [-0.15, -0.1) is 0 Å². The monoisotopic (exact) mass is 483 g/mol. The van der Waals surface area contributed by atoms with Gasteiger partial charge in [0.15, 0.2) is 14.1 Å². The fraction of sp³-hybridized carbons (Fsp3) is 0.560. The average Bonchev–Trinajstić information content (AvgIpc) is 2.94. The first kappa shape index (κ1) is 24.5. The molecule has 0 radical (unpaired) electrons. The predicted molar refractivity (Wildman–Crippen MR) is 138 cm³/mol. The van der Waals surface area contributed by atoms with Crippen LogP contribution in [0.3, 0.4) is 0 Å². The van der Waals surface area contributed by atoms with Crippen molar-refractivity contribution in [3.8, 4) is 0 Å². The molecule has 34 heavy (non-hydrogen) atoms. The number of anilines is 1. The van der Waals surface area contributed by atoms with E-state index in [0.717, 1.165) is 22.2 Å². The summed E-state index contributed by atoms with van der Waals surface area (Å²) in [6.45, 7) is 18.1. The third-order valence-corrected chi connectivity index (χ3v) is 11.3. The highest BCUT2D eigenvalue weighted by molar-refractivity contribution is 6.74. The number of nitrogens with zero attached hydrogens (tertiary/aromatic N) is 4. The van der Waals surface area contributed by atoms with Gasteiger partial charge in [0.25, 0.3) is 0 Å². The van der Waals surface area contributed by atoms with E-state index in [0.29, 0.717) is 31.0 Å². The van der Waals surface area contributed by atoms with Crippen LogP contribution >= 0.6 is 0 Å². The van der Waals surface area contributed by atoms with Crippen LogP contribution in [0.1, 0.15) is 47.4 Å². The Morgan fingerprint density at radius 1 is 1.09 bits per heavy atom. The number of pyridine rings is 1. The molecule has 184 valence electrons. The topological polar surface area (TPSA) is 95.5 Å². The molecule has 3 aromatic rings. The number of nitrogen functional groups attached to an aromatic ring is 1. The fourth-order valence-electron chi connectivity index (χ4n) is 4.10. The molecule has 0 saturated heterocycles. The van der Waals surface area contributed by atoms with Gasteiger partial charge < -0.3 is 19.5 Å². The zero-order valence-electron chi connectivity index (χ0n) is 21.6. The van der Waals surface area contributed by atoms with Crippen molar-refractivity contribution in [3.05, 3.63) is 30.1 Å². The first-order valence-electron chi connectivity index (χ1n) is 11.9. The first-order valence-corrected chi connectivity index (χ1v) is 14.8. The maximum Gasteiger partial charge on any atom is 0.410 e. The Kier molecular flexibility index (Phi) is 5.92. The summed E-state index contributed by atoms with van der Waals surface area (Å²) in [5.74, 6) is 1.15. The highest BCUT2D eigenvalue weighted by atomic mass is 28.4. The summed E-state index contributed by atoms with van der Waals surface area (Å²) in [7, 11) is -2.11. The Bertz CT molecular complexity index is 1240. The van der Waals surface area contributed by atoms with E-state index >= 15 is 0 Å². The zero-order chi connectivity index (χ0) is 25.1. The summed E-state index contributed by atoms with van der Waals surface area (Å²) in [6, 6.07) is 7.94. The molecule has 0 fully saturated rings. The second-order valence-electron chi connectivity index (χ2n) is 11.7. The zero-order valence-corrected chi connectivity index (χ0v) is 22.6. The summed E-state index contributed by atoms with van der Waals surface area (Å²) in [4.78, 5) is 24.3. The Balaban J connectivity index is 1.85. The smallest absolute Gasteiger partial charge is 0.410 e. The predicted octanol–water partition coefficient (Wildman–Crippen LogP) is 5.31. The molecule has 3 heterocycles. The van der Waals surface area contributed by atoms with Crippen molar-refractivity contribution in [2.75, 3.05) is 12.3 Å². The number of para-hydroxylation sites is 1. The van der Waals surface area contributed by atoms with Crippen molar-refractivity contribution in [1.82, 2.24) is 19.4 Å². The number of benzene rings is 1. The van der Waals surface area contributed by atoms with Crippen LogP contribution in [-0.4, -0.2) is 52.1 Å². The number of fused-ring (bicyclic) bond motifs is 5. The summed E-state index contributed by atoms with van der Waals surface area (Å²) in [5.41, 5.74) is 8.16. The van der Waals surface area contributed by atoms with Crippen molar-refractivity contribution < 1.29 is 14.0 Å². The average molecular weight is 484 g/mol. The van der Waals surface area contributed by atoms with Gasteiger partial charge in [-0.2, -0.15) is 0 Å². The number of hydrogen-bond donors (Lipinski definition) is 1. The third-order valence-electron chi connectivity index (χ3n) is 6.75. The van der Waals surface area contributed by atoms with Gasteiger partial charge in [0.2, 0.25) is 0 Å². The van der Waals surface area contributed by atoms with E-state index in [4.69, 9.17) is 19.9 Å². The fourth-order valence-corrected chi connectivity index (χ4v) is 5.43. The van der Waals surface area contributed by atoms with Crippen molar-refractivity contribution in [2.45, 2.75) is 84.5 Å². The van der Waals surface area contributed by atoms with Crippen molar-refractivity contribution in [3.63, 3.8) is 0 Å². The van der Waals surface area contributed by atoms with Gasteiger partial charge in [-0.05, 0) is 45.0 Å². The molecular weight excluding hydrogens is 446 g/mol. The van der Waals surface area contributed by atoms with Crippen LogP contribution < -0.4 is 5.73 Å². The molecule has 8 nitrogen and oxygen atoms in total. The highest BCUT2D eigenvalue weighted by Gasteiger charge is 2.41. The van der Waals surface area contributed by atoms with Crippen LogP contribution in [0.2, 0.25) is 18.1 Å². The second-order valence-corrected chi connectivity index (χ2v) is 16.5. The lowest BCUT2D eigenvalue weighted by molar-refractivity contribution is 0.0149. The van der Waals surface area contributed by atoms with Crippen LogP contribution in [0.4, 0.5) is 10.6 Å². The summed E-state index contributed by atoms with van der Waals surface area (Å²) >= 11 is 0. The summed E-state index contributed by atoms with van der Waals surface area (Å²) in [6.07, 6.45) is -0.576. The van der Waals surface area contributed by atoms with Gasteiger partial charge in [0, 0.05) is 5.39 Å². The quantitative estimate of drug-likeness (QED) is 0.497. The van der Waals surface area contributed by atoms with E-state index in [1.165, 1.54) is 0 Å². The number of nitrogens with two attached hydrogens (primary N) is 1. The SMILES string of the molecule is CC(C)(C)OC(=O)N1Cc2nc3c(N)nc4ccccc4c3n2CC(O[Si](C)(C)C(C)(C)C)C1. The Morgan fingerprint density at radius 2 is 1.76 bits per heavy atom. The number of amides is 1. The van der Waals surface area contributed by atoms with Gasteiger partial charge in [-0.25, -0.2) is 14.8 Å². The largest absolute Gasteiger partial charge is 0.444 e. The van der Waals surface area contributed by atoms with E-state index in [1.807, 2.05) is 45.0 Å². The third kappa shape index (κ3) is 4.63. The molecule has 1 unspecified atom stereocenters. The van der Waals surface area contributed by atoms with E-state index in [2.05, 4.69) is 43.4 Å². The van der Waals surface area contributed by atoms with E-state index in [-0.39, 0.29) is 17.2 Å². The number of aromatic nitrogens is 3. The van der Waals surface area contributed by atoms with Crippen LogP contribution in [0.5, 0.6) is 0 Å². The molecule has 1 amide bonds. The number of hydrogen-bond acceptors (Lipinski definition) is 6. The first-order chi connectivity index (χ1) is 15.7. The van der Waals surface area contributed by atoms with Crippen molar-refractivity contribution >= 4 is 42.2 Å². The van der Waals surface area contributed by atoms with Crippen LogP contribution in [-0.2, 0) is 22.3 Å². The minimum Gasteiger partial charge on any atom is -0.444 e. The number of rotatable bonds is 2. The molecule has 0 aliphatic carbocycles. The lowest BCUT2D eigenvalue weighted by atomic mass is 10.2. The number of carbonyl (C=O) groups excluding carboxylic acids is 1. The molecule has 1 aliphatic rings. The summed E-state index contributed by atoms with van der Waals surface area (Å²) in [5, 5.41) is 1.03. The number of ether oxygens (including phenoxy) is 1. The van der Waals surface area contributed by atoms with Crippen LogP contribution in [0.25, 0.3) is 21.9 Å². The Morgan fingerprint density at radius 3 is 2.41 bits per heavy atom. The van der Waals surface area contributed by atoms with E-state index in [1.54, 1.807) is 4.90 Å². The number of imidazole rings is 1. The minimum atomic E-state index is -2.11. The van der Waals surface area contributed by atoms with Crippen molar-refractivity contribution in [1.29, 1.82) is 0 Å². The van der Waals surface area contributed by atoms with Gasteiger partial charge in [0.1, 0.15) is 16.9 Å². The normalized spacial score (nSPS) is 17.6. The van der Waals surface area contributed by atoms with Crippen molar-refractivity contribution in [2.24, 2.45) is 0 Å². The maximum atomic E-state index is 13.2. The Hall–Kier alpha value is -2.65. The lowest BCUT2D eigenvalue weighted by Crippen LogP contribution is -2.48. The van der Waals surface area contributed by atoms with Gasteiger partial charge in [-0.3, -0.25) is 4.90 Å². The van der Waals surface area contributed by atoms with E-state index < -0.39 is 13.9 Å². The van der Waals surface area contributed by atoms with Gasteiger partial charge in [0.05, 0.1) is 36.8 Å². The molecule has 2 aromatic heterocycles. The Labute approximate surface area is 202 Å². The molecule has 9 heteroatoms. The molecule has 4 rings (SSSR count). The molecule has 1 atom stereocenters. The molecule has 1 aromatic carbocycles. The molecule has 0 saturated carbocycles. The minimum absolute atomic E-state index is 0.0386. The highest BCUT2D eigenvalue weighted by Crippen LogP contribution is 2.38. The maximum absolute atomic E-state index is 13.2.